The fourth-order valence-electron chi connectivity index (χ4n) is 3.07. The summed E-state index contributed by atoms with van der Waals surface area (Å²) < 4.78 is 0. The van der Waals surface area contributed by atoms with Crippen LogP contribution < -0.4 is 4.90 Å². The van der Waals surface area contributed by atoms with Gasteiger partial charge in [0.05, 0.1) is 11.6 Å². The molecule has 5 nitrogen and oxygen atoms in total. The van der Waals surface area contributed by atoms with Gasteiger partial charge in [-0.1, -0.05) is 38.1 Å². The number of hydrogen-bond donors (Lipinski definition) is 1. The topological polar surface area (TPSA) is 66.3 Å². The van der Waals surface area contributed by atoms with Gasteiger partial charge in [0.1, 0.15) is 0 Å². The maximum atomic E-state index is 11.2. The van der Waals surface area contributed by atoms with Gasteiger partial charge in [-0.05, 0) is 36.5 Å². The van der Waals surface area contributed by atoms with E-state index in [2.05, 4.69) is 48.3 Å². The normalized spacial score (nSPS) is 18.0. The average molecular weight is 325 g/mol. The van der Waals surface area contributed by atoms with Crippen LogP contribution in [0.4, 0.5) is 5.82 Å². The van der Waals surface area contributed by atoms with Gasteiger partial charge < -0.3 is 10.0 Å². The number of hydrogen-bond acceptors (Lipinski definition) is 4. The number of carboxylic acid groups (broad SMARTS) is 1. The lowest BCUT2D eigenvalue weighted by molar-refractivity contribution is -0.141. The molecule has 1 aromatic heterocycles. The molecule has 0 aliphatic carbocycles. The van der Waals surface area contributed by atoms with Crippen molar-refractivity contribution < 1.29 is 9.90 Å². The number of benzene rings is 1. The van der Waals surface area contributed by atoms with Crippen molar-refractivity contribution in [3.8, 4) is 11.3 Å². The van der Waals surface area contributed by atoms with Gasteiger partial charge in [-0.2, -0.15) is 0 Å². The summed E-state index contributed by atoms with van der Waals surface area (Å²) in [6, 6.07) is 12.3. The van der Waals surface area contributed by atoms with Gasteiger partial charge >= 0.3 is 5.97 Å². The molecule has 0 amide bonds. The third-order valence-electron chi connectivity index (χ3n) is 4.62. The summed E-state index contributed by atoms with van der Waals surface area (Å²) in [7, 11) is 0. The number of piperidine rings is 1. The first-order valence-electron chi connectivity index (χ1n) is 8.46. The van der Waals surface area contributed by atoms with Gasteiger partial charge in [0.15, 0.2) is 5.82 Å². The average Bonchev–Trinajstić information content (AvgIpc) is 2.62. The Labute approximate surface area is 142 Å². The Hall–Kier alpha value is -2.43. The Kier molecular flexibility index (Phi) is 4.79. The van der Waals surface area contributed by atoms with E-state index in [4.69, 9.17) is 0 Å². The molecule has 0 bridgehead atoms. The van der Waals surface area contributed by atoms with Crippen LogP contribution in [0.1, 0.15) is 38.2 Å². The predicted octanol–water partition coefficient (Wildman–Crippen LogP) is 3.57. The summed E-state index contributed by atoms with van der Waals surface area (Å²) in [4.78, 5) is 13.2. The molecular formula is C19H23N3O2. The molecule has 1 aliphatic heterocycles. The van der Waals surface area contributed by atoms with E-state index < -0.39 is 5.97 Å². The van der Waals surface area contributed by atoms with Gasteiger partial charge in [-0.25, -0.2) is 0 Å². The molecule has 3 rings (SSSR count). The molecule has 1 fully saturated rings. The zero-order chi connectivity index (χ0) is 17.1. The van der Waals surface area contributed by atoms with Crippen molar-refractivity contribution in [2.24, 2.45) is 5.92 Å². The van der Waals surface area contributed by atoms with E-state index in [1.165, 1.54) is 5.56 Å². The summed E-state index contributed by atoms with van der Waals surface area (Å²) >= 11 is 0. The molecule has 1 N–H and O–H groups in total. The zero-order valence-electron chi connectivity index (χ0n) is 14.1. The second-order valence-electron chi connectivity index (χ2n) is 6.68. The van der Waals surface area contributed by atoms with E-state index in [1.54, 1.807) is 0 Å². The molecule has 1 saturated heterocycles. The van der Waals surface area contributed by atoms with Gasteiger partial charge in [0.25, 0.3) is 0 Å². The predicted molar refractivity (Wildman–Crippen MR) is 94.1 cm³/mol. The summed E-state index contributed by atoms with van der Waals surface area (Å²) in [6.07, 6.45) is 1.61. The number of anilines is 1. The molecule has 2 aromatic rings. The lowest BCUT2D eigenvalue weighted by Gasteiger charge is -2.31. The Bertz CT molecular complexity index is 696. The van der Waals surface area contributed by atoms with Crippen molar-refractivity contribution in [3.63, 3.8) is 0 Å². The Morgan fingerprint density at radius 3 is 2.50 bits per heavy atom. The molecule has 2 heterocycles. The second-order valence-corrected chi connectivity index (χ2v) is 6.68. The smallest absolute Gasteiger partial charge is 0.308 e. The quantitative estimate of drug-likeness (QED) is 0.931. The fraction of sp³-hybridized carbons (Fsp3) is 0.421. The lowest BCUT2D eigenvalue weighted by atomic mass is 9.98. The molecule has 1 unspecified atom stereocenters. The summed E-state index contributed by atoms with van der Waals surface area (Å²) in [5.41, 5.74) is 3.18. The third-order valence-corrected chi connectivity index (χ3v) is 4.62. The van der Waals surface area contributed by atoms with Crippen molar-refractivity contribution in [1.29, 1.82) is 0 Å². The summed E-state index contributed by atoms with van der Waals surface area (Å²) in [6.45, 7) is 5.69. The Morgan fingerprint density at radius 1 is 1.17 bits per heavy atom. The molecule has 0 radical (unpaired) electrons. The van der Waals surface area contributed by atoms with Crippen molar-refractivity contribution in [2.75, 3.05) is 18.0 Å². The number of nitrogens with zero attached hydrogens (tertiary/aromatic N) is 3. The van der Waals surface area contributed by atoms with E-state index in [-0.39, 0.29) is 5.92 Å². The van der Waals surface area contributed by atoms with Crippen LogP contribution in [0.3, 0.4) is 0 Å². The van der Waals surface area contributed by atoms with Gasteiger partial charge in [-0.15, -0.1) is 10.2 Å². The number of aromatic nitrogens is 2. The Morgan fingerprint density at radius 2 is 1.92 bits per heavy atom. The SMILES string of the molecule is CC(C)c1ccc(-c2ccc(N3CCCC(C(=O)O)C3)nn2)cc1. The van der Waals surface area contributed by atoms with Crippen molar-refractivity contribution in [3.05, 3.63) is 42.0 Å². The largest absolute Gasteiger partial charge is 0.481 e. The van der Waals surface area contributed by atoms with Gasteiger partial charge in [0.2, 0.25) is 0 Å². The highest BCUT2D eigenvalue weighted by molar-refractivity contribution is 5.71. The number of carbonyl (C=O) groups is 1. The van der Waals surface area contributed by atoms with Crippen LogP contribution in [0.15, 0.2) is 36.4 Å². The van der Waals surface area contributed by atoms with Crippen LogP contribution in [-0.2, 0) is 4.79 Å². The standard InChI is InChI=1S/C19H23N3O2/c1-13(2)14-5-7-15(8-6-14)17-9-10-18(21-20-17)22-11-3-4-16(12-22)19(23)24/h5-10,13,16H,3-4,11-12H2,1-2H3,(H,23,24). The maximum Gasteiger partial charge on any atom is 0.308 e. The molecule has 1 aromatic carbocycles. The maximum absolute atomic E-state index is 11.2. The van der Waals surface area contributed by atoms with Gasteiger partial charge in [-0.3, -0.25) is 4.79 Å². The molecule has 24 heavy (non-hydrogen) atoms. The van der Waals surface area contributed by atoms with Gasteiger partial charge in [0, 0.05) is 18.7 Å². The Balaban J connectivity index is 1.74. The minimum atomic E-state index is -0.727. The molecule has 126 valence electrons. The first-order valence-corrected chi connectivity index (χ1v) is 8.46. The van der Waals surface area contributed by atoms with E-state index >= 15 is 0 Å². The summed E-state index contributed by atoms with van der Waals surface area (Å²) in [5.74, 6) is 0.218. The van der Waals surface area contributed by atoms with Crippen molar-refractivity contribution in [1.82, 2.24) is 10.2 Å². The zero-order valence-corrected chi connectivity index (χ0v) is 14.1. The number of rotatable bonds is 4. The molecule has 1 aliphatic rings. The highest BCUT2D eigenvalue weighted by Crippen LogP contribution is 2.24. The van der Waals surface area contributed by atoms with Crippen LogP contribution in [0.25, 0.3) is 11.3 Å². The monoisotopic (exact) mass is 325 g/mol. The minimum absolute atomic E-state index is 0.316. The molecule has 0 saturated carbocycles. The minimum Gasteiger partial charge on any atom is -0.481 e. The molecule has 1 atom stereocenters. The third kappa shape index (κ3) is 3.55. The van der Waals surface area contributed by atoms with Crippen LogP contribution in [0.2, 0.25) is 0 Å². The van der Waals surface area contributed by atoms with Crippen molar-refractivity contribution >= 4 is 11.8 Å². The number of aliphatic carboxylic acids is 1. The van der Waals surface area contributed by atoms with Crippen molar-refractivity contribution in [2.45, 2.75) is 32.6 Å². The summed E-state index contributed by atoms with van der Waals surface area (Å²) in [5, 5.41) is 17.8. The van der Waals surface area contributed by atoms with E-state index in [0.717, 1.165) is 36.5 Å². The van der Waals surface area contributed by atoms with Crippen LogP contribution >= 0.6 is 0 Å². The fourth-order valence-corrected chi connectivity index (χ4v) is 3.07. The van der Waals surface area contributed by atoms with Crippen LogP contribution in [0, 0.1) is 5.92 Å². The lowest BCUT2D eigenvalue weighted by Crippen LogP contribution is -2.39. The second kappa shape index (κ2) is 6.99. The highest BCUT2D eigenvalue weighted by Gasteiger charge is 2.26. The highest BCUT2D eigenvalue weighted by atomic mass is 16.4. The van der Waals surface area contributed by atoms with E-state index in [9.17, 15) is 9.90 Å². The first kappa shape index (κ1) is 16.4. The molecule has 0 spiro atoms. The van der Waals surface area contributed by atoms with E-state index in [0.29, 0.717) is 12.5 Å². The van der Waals surface area contributed by atoms with Crippen LogP contribution in [0.5, 0.6) is 0 Å². The first-order chi connectivity index (χ1) is 11.5. The van der Waals surface area contributed by atoms with E-state index in [1.807, 2.05) is 17.0 Å². The van der Waals surface area contributed by atoms with Crippen LogP contribution in [-0.4, -0.2) is 34.4 Å². The molecule has 5 heteroatoms. The number of carboxylic acids is 1. The molecular weight excluding hydrogens is 302 g/mol.